The van der Waals surface area contributed by atoms with Gasteiger partial charge in [0.25, 0.3) is 0 Å². The number of para-hydroxylation sites is 2. The predicted molar refractivity (Wildman–Crippen MR) is 279 cm³/mol. The topological polar surface area (TPSA) is 61.4 Å². The van der Waals surface area contributed by atoms with Gasteiger partial charge >= 0.3 is 0 Å². The molecular formula is C62H40N6. The Labute approximate surface area is 392 Å². The molecular weight excluding hydrogens is 829 g/mol. The first-order chi connectivity index (χ1) is 33.7. The molecule has 318 valence electrons. The first-order valence-electron chi connectivity index (χ1n) is 22.9. The molecule has 0 bridgehead atoms. The zero-order valence-corrected chi connectivity index (χ0v) is 36.8. The molecule has 0 fully saturated rings. The molecule has 0 radical (unpaired) electrons. The SMILES string of the molecule is c1ccc(-c2ccc(-c3nc(-c4ccccc4)nc(-n4c5ccccc5c5ccc6c7ccccc7n(-c7cccc(-c8cc(-c9ccccc9)cc(-c9ccccc9)n8)c7)c6c54)n3)cc2)cc1. The maximum atomic E-state index is 5.38. The normalized spacial score (nSPS) is 11.5. The van der Waals surface area contributed by atoms with Gasteiger partial charge in [0.05, 0.1) is 33.5 Å². The van der Waals surface area contributed by atoms with Crippen LogP contribution in [0, 0.1) is 0 Å². The van der Waals surface area contributed by atoms with Crippen molar-refractivity contribution in [2.45, 2.75) is 0 Å². The van der Waals surface area contributed by atoms with E-state index in [0.717, 1.165) is 105 Å². The van der Waals surface area contributed by atoms with Crippen LogP contribution in [0.5, 0.6) is 0 Å². The Hall–Kier alpha value is -9.26. The van der Waals surface area contributed by atoms with Gasteiger partial charge in [0.2, 0.25) is 5.95 Å². The second kappa shape index (κ2) is 16.3. The Morgan fingerprint density at radius 3 is 1.28 bits per heavy atom. The van der Waals surface area contributed by atoms with Gasteiger partial charge in [-0.15, -0.1) is 0 Å². The zero-order chi connectivity index (χ0) is 45.0. The van der Waals surface area contributed by atoms with E-state index in [0.29, 0.717) is 17.6 Å². The lowest BCUT2D eigenvalue weighted by molar-refractivity contribution is 0.953. The van der Waals surface area contributed by atoms with Crippen LogP contribution in [0.1, 0.15) is 0 Å². The molecule has 0 saturated heterocycles. The van der Waals surface area contributed by atoms with E-state index in [4.69, 9.17) is 19.9 Å². The summed E-state index contributed by atoms with van der Waals surface area (Å²) < 4.78 is 4.66. The summed E-state index contributed by atoms with van der Waals surface area (Å²) in [6, 6.07) is 85.1. The fourth-order valence-corrected chi connectivity index (χ4v) is 9.77. The van der Waals surface area contributed by atoms with Gasteiger partial charge in [-0.05, 0) is 58.7 Å². The largest absolute Gasteiger partial charge is 0.307 e. The van der Waals surface area contributed by atoms with Crippen LogP contribution in [0.3, 0.4) is 0 Å². The van der Waals surface area contributed by atoms with Crippen molar-refractivity contribution in [1.82, 2.24) is 29.1 Å². The van der Waals surface area contributed by atoms with Gasteiger partial charge in [-0.25, -0.2) is 9.97 Å². The standard InChI is InChI=1S/C62H40N6/c1-5-18-41(19-6-1)43-32-34-46(35-33-43)61-64-60(45-24-11-4-12-25-45)65-62(66-61)68-57-31-16-14-29-51(57)53-37-36-52-50-28-13-15-30-56(50)67(58(52)59(53)68)49-27-17-26-47(38-49)55-40-48(42-20-7-2-8-21-42)39-54(63-55)44-22-9-3-10-23-44/h1-40H. The molecule has 0 atom stereocenters. The van der Waals surface area contributed by atoms with E-state index in [1.807, 2.05) is 30.3 Å². The second-order valence-corrected chi connectivity index (χ2v) is 17.1. The minimum absolute atomic E-state index is 0.542. The summed E-state index contributed by atoms with van der Waals surface area (Å²) in [5, 5.41) is 4.50. The molecule has 4 aromatic heterocycles. The average Bonchev–Trinajstić information content (AvgIpc) is 3.95. The number of nitrogens with zero attached hydrogens (tertiary/aromatic N) is 6. The Balaban J connectivity index is 1.06. The third kappa shape index (κ3) is 6.74. The fourth-order valence-electron chi connectivity index (χ4n) is 9.77. The number of hydrogen-bond donors (Lipinski definition) is 0. The Bertz CT molecular complexity index is 3930. The summed E-state index contributed by atoms with van der Waals surface area (Å²) in [6.07, 6.45) is 0. The molecule has 0 amide bonds. The lowest BCUT2D eigenvalue weighted by Gasteiger charge is -2.14. The van der Waals surface area contributed by atoms with Gasteiger partial charge in [0.1, 0.15) is 0 Å². The molecule has 6 heteroatoms. The number of aromatic nitrogens is 6. The summed E-state index contributed by atoms with van der Waals surface area (Å²) in [6.45, 7) is 0. The van der Waals surface area contributed by atoms with E-state index < -0.39 is 0 Å². The highest BCUT2D eigenvalue weighted by molar-refractivity contribution is 6.23. The molecule has 0 N–H and O–H groups in total. The Morgan fingerprint density at radius 2 is 0.676 bits per heavy atom. The third-order valence-electron chi connectivity index (χ3n) is 13.0. The summed E-state index contributed by atoms with van der Waals surface area (Å²) >= 11 is 0. The zero-order valence-electron chi connectivity index (χ0n) is 36.8. The highest BCUT2D eigenvalue weighted by Crippen LogP contribution is 2.42. The van der Waals surface area contributed by atoms with E-state index in [1.54, 1.807) is 0 Å². The van der Waals surface area contributed by atoms with Crippen LogP contribution in [0.4, 0.5) is 0 Å². The highest BCUT2D eigenvalue weighted by atomic mass is 15.2. The molecule has 0 aliphatic carbocycles. The number of fused-ring (bicyclic) bond motifs is 7. The Kier molecular flexibility index (Phi) is 9.39. The first kappa shape index (κ1) is 39.1. The van der Waals surface area contributed by atoms with Gasteiger partial charge in [0.15, 0.2) is 11.6 Å². The third-order valence-corrected chi connectivity index (χ3v) is 13.0. The number of benzene rings is 9. The van der Waals surface area contributed by atoms with Crippen molar-refractivity contribution >= 4 is 43.6 Å². The molecule has 68 heavy (non-hydrogen) atoms. The maximum absolute atomic E-state index is 5.38. The molecule has 0 aliphatic rings. The summed E-state index contributed by atoms with van der Waals surface area (Å²) in [5.41, 5.74) is 15.5. The molecule has 0 aliphatic heterocycles. The molecule has 6 nitrogen and oxygen atoms in total. The molecule has 0 unspecified atom stereocenters. The molecule has 0 saturated carbocycles. The van der Waals surface area contributed by atoms with Crippen LogP contribution in [-0.4, -0.2) is 29.1 Å². The van der Waals surface area contributed by atoms with Crippen LogP contribution in [0.25, 0.3) is 123 Å². The van der Waals surface area contributed by atoms with E-state index >= 15 is 0 Å². The van der Waals surface area contributed by atoms with Crippen molar-refractivity contribution in [3.05, 3.63) is 243 Å². The van der Waals surface area contributed by atoms with Crippen molar-refractivity contribution in [2.75, 3.05) is 0 Å². The van der Waals surface area contributed by atoms with E-state index in [1.165, 1.54) is 0 Å². The monoisotopic (exact) mass is 868 g/mol. The van der Waals surface area contributed by atoms with Crippen LogP contribution < -0.4 is 0 Å². The fraction of sp³-hybridized carbons (Fsp3) is 0. The lowest BCUT2D eigenvalue weighted by Crippen LogP contribution is -2.07. The van der Waals surface area contributed by atoms with Crippen molar-refractivity contribution in [1.29, 1.82) is 0 Å². The number of pyridine rings is 1. The molecule has 0 spiro atoms. The van der Waals surface area contributed by atoms with E-state index in [9.17, 15) is 0 Å². The van der Waals surface area contributed by atoms with Crippen LogP contribution in [-0.2, 0) is 0 Å². The molecule has 13 aromatic rings. The second-order valence-electron chi connectivity index (χ2n) is 17.1. The van der Waals surface area contributed by atoms with Crippen molar-refractivity contribution in [3.63, 3.8) is 0 Å². The molecule has 4 heterocycles. The van der Waals surface area contributed by atoms with Crippen LogP contribution in [0.15, 0.2) is 243 Å². The average molecular weight is 869 g/mol. The Morgan fingerprint density at radius 1 is 0.250 bits per heavy atom. The first-order valence-corrected chi connectivity index (χ1v) is 22.9. The van der Waals surface area contributed by atoms with Crippen molar-refractivity contribution < 1.29 is 0 Å². The minimum Gasteiger partial charge on any atom is -0.307 e. The maximum Gasteiger partial charge on any atom is 0.238 e. The number of hydrogen-bond acceptors (Lipinski definition) is 4. The number of rotatable bonds is 8. The van der Waals surface area contributed by atoms with Gasteiger partial charge in [-0.3, -0.25) is 4.57 Å². The van der Waals surface area contributed by atoms with E-state index in [-0.39, 0.29) is 0 Å². The van der Waals surface area contributed by atoms with Gasteiger partial charge < -0.3 is 4.57 Å². The highest BCUT2D eigenvalue weighted by Gasteiger charge is 2.24. The summed E-state index contributed by atoms with van der Waals surface area (Å²) in [7, 11) is 0. The van der Waals surface area contributed by atoms with Gasteiger partial charge in [-0.1, -0.05) is 206 Å². The minimum atomic E-state index is 0.542. The summed E-state index contributed by atoms with van der Waals surface area (Å²) in [4.78, 5) is 21.2. The smallest absolute Gasteiger partial charge is 0.238 e. The molecule has 9 aromatic carbocycles. The van der Waals surface area contributed by atoms with Crippen molar-refractivity contribution in [2.24, 2.45) is 0 Å². The predicted octanol–water partition coefficient (Wildman–Crippen LogP) is 15.5. The summed E-state index contributed by atoms with van der Waals surface area (Å²) in [5.74, 6) is 1.74. The van der Waals surface area contributed by atoms with Gasteiger partial charge in [0, 0.05) is 49.5 Å². The lowest BCUT2D eigenvalue weighted by atomic mass is 10.00. The van der Waals surface area contributed by atoms with Crippen LogP contribution >= 0.6 is 0 Å². The molecule has 13 rings (SSSR count). The van der Waals surface area contributed by atoms with Crippen LogP contribution in [0.2, 0.25) is 0 Å². The van der Waals surface area contributed by atoms with Gasteiger partial charge in [-0.2, -0.15) is 9.97 Å². The quantitative estimate of drug-likeness (QED) is 0.153. The van der Waals surface area contributed by atoms with E-state index in [2.05, 4.69) is 221 Å². The van der Waals surface area contributed by atoms with Crippen molar-refractivity contribution in [3.8, 4) is 79.2 Å².